The van der Waals surface area contributed by atoms with Crippen LogP contribution in [0.3, 0.4) is 0 Å². The molecule has 1 heterocycles. The first-order chi connectivity index (χ1) is 7.61. The summed E-state index contributed by atoms with van der Waals surface area (Å²) < 4.78 is 13.4. The van der Waals surface area contributed by atoms with Crippen molar-refractivity contribution in [1.82, 2.24) is 5.01 Å². The lowest BCUT2D eigenvalue weighted by Crippen LogP contribution is -2.34. The average molecular weight is 220 g/mol. The predicted octanol–water partition coefficient (Wildman–Crippen LogP) is 2.29. The molecule has 84 valence electrons. The molecule has 4 heteroatoms. The second-order valence-electron chi connectivity index (χ2n) is 3.99. The van der Waals surface area contributed by atoms with Crippen molar-refractivity contribution in [2.75, 3.05) is 0 Å². The van der Waals surface area contributed by atoms with Gasteiger partial charge in [-0.15, -0.1) is 0 Å². The minimum Gasteiger partial charge on any atom is -0.267 e. The highest BCUT2D eigenvalue weighted by molar-refractivity contribution is 5.95. The Hall–Kier alpha value is -1.71. The number of hydrazone groups is 1. The van der Waals surface area contributed by atoms with E-state index in [0.717, 1.165) is 0 Å². The first-order valence-corrected chi connectivity index (χ1v) is 5.23. The predicted molar refractivity (Wildman–Crippen MR) is 59.7 cm³/mol. The smallest absolute Gasteiger partial charge is 0.267 e. The molecule has 0 bridgehead atoms. The van der Waals surface area contributed by atoms with Crippen LogP contribution >= 0.6 is 0 Å². The third-order valence-corrected chi connectivity index (χ3v) is 2.89. The van der Waals surface area contributed by atoms with E-state index in [1.807, 2.05) is 13.8 Å². The summed E-state index contributed by atoms with van der Waals surface area (Å²) in [6.07, 6.45) is 1.71. The van der Waals surface area contributed by atoms with Crippen LogP contribution in [0.25, 0.3) is 0 Å². The number of carbonyl (C=O) groups excluding carboxylic acids is 1. The van der Waals surface area contributed by atoms with Gasteiger partial charge in [-0.2, -0.15) is 5.10 Å². The third kappa shape index (κ3) is 1.71. The largest absolute Gasteiger partial charge is 0.277 e. The van der Waals surface area contributed by atoms with Crippen molar-refractivity contribution in [3.8, 4) is 0 Å². The second kappa shape index (κ2) is 4.04. The van der Waals surface area contributed by atoms with E-state index in [2.05, 4.69) is 5.10 Å². The Morgan fingerprint density at radius 1 is 1.38 bits per heavy atom. The zero-order valence-corrected chi connectivity index (χ0v) is 9.22. The fourth-order valence-corrected chi connectivity index (χ4v) is 1.62. The van der Waals surface area contributed by atoms with Gasteiger partial charge >= 0.3 is 0 Å². The second-order valence-corrected chi connectivity index (χ2v) is 3.99. The number of benzene rings is 1. The molecular weight excluding hydrogens is 207 g/mol. The molecule has 0 radical (unpaired) electrons. The van der Waals surface area contributed by atoms with Gasteiger partial charge < -0.3 is 0 Å². The van der Waals surface area contributed by atoms with Gasteiger partial charge in [0.1, 0.15) is 5.82 Å². The minimum atomic E-state index is -0.505. The molecule has 0 saturated heterocycles. The summed E-state index contributed by atoms with van der Waals surface area (Å²) >= 11 is 0. The van der Waals surface area contributed by atoms with E-state index in [0.29, 0.717) is 0 Å². The molecule has 2 atom stereocenters. The van der Waals surface area contributed by atoms with Crippen molar-refractivity contribution >= 4 is 12.1 Å². The topological polar surface area (TPSA) is 32.7 Å². The van der Waals surface area contributed by atoms with Gasteiger partial charge in [-0.1, -0.05) is 19.1 Å². The monoisotopic (exact) mass is 220 g/mol. The standard InChI is InChI=1S/C12H13FN2O/c1-8-7-14-15(9(8)2)12(16)10-5-3-4-6-11(10)13/h3-9H,1-2H3. The summed E-state index contributed by atoms with van der Waals surface area (Å²) in [6.45, 7) is 3.87. The zero-order chi connectivity index (χ0) is 11.7. The molecule has 1 aromatic rings. The maximum atomic E-state index is 13.4. The van der Waals surface area contributed by atoms with Gasteiger partial charge in [0.15, 0.2) is 0 Å². The van der Waals surface area contributed by atoms with E-state index in [9.17, 15) is 9.18 Å². The fourth-order valence-electron chi connectivity index (χ4n) is 1.62. The van der Waals surface area contributed by atoms with Gasteiger partial charge in [-0.25, -0.2) is 9.40 Å². The van der Waals surface area contributed by atoms with E-state index >= 15 is 0 Å². The van der Waals surface area contributed by atoms with Gasteiger partial charge in [0.25, 0.3) is 5.91 Å². The summed E-state index contributed by atoms with van der Waals surface area (Å²) in [5.41, 5.74) is 0.0700. The van der Waals surface area contributed by atoms with Crippen molar-refractivity contribution in [3.63, 3.8) is 0 Å². The average Bonchev–Trinajstić information content (AvgIpc) is 2.60. The fraction of sp³-hybridized carbons (Fsp3) is 0.333. The lowest BCUT2D eigenvalue weighted by atomic mass is 10.1. The van der Waals surface area contributed by atoms with E-state index < -0.39 is 5.82 Å². The number of nitrogens with zero attached hydrogens (tertiary/aromatic N) is 2. The number of amides is 1. The summed E-state index contributed by atoms with van der Waals surface area (Å²) in [4.78, 5) is 12.0. The van der Waals surface area contributed by atoms with E-state index in [4.69, 9.17) is 0 Å². The Labute approximate surface area is 93.6 Å². The first-order valence-electron chi connectivity index (χ1n) is 5.23. The number of rotatable bonds is 1. The van der Waals surface area contributed by atoms with Crippen molar-refractivity contribution < 1.29 is 9.18 Å². The molecule has 2 rings (SSSR count). The van der Waals surface area contributed by atoms with Crippen LogP contribution in [0, 0.1) is 11.7 Å². The van der Waals surface area contributed by atoms with Gasteiger partial charge in [-0.3, -0.25) is 4.79 Å². The number of halogens is 1. The van der Waals surface area contributed by atoms with Gasteiger partial charge in [0.2, 0.25) is 0 Å². The molecular formula is C12H13FN2O. The lowest BCUT2D eigenvalue weighted by Gasteiger charge is -2.20. The van der Waals surface area contributed by atoms with Crippen LogP contribution in [-0.4, -0.2) is 23.2 Å². The Morgan fingerprint density at radius 3 is 2.62 bits per heavy atom. The van der Waals surface area contributed by atoms with E-state index in [1.54, 1.807) is 18.3 Å². The Bertz CT molecular complexity index is 444. The number of hydrogen-bond donors (Lipinski definition) is 0. The summed E-state index contributed by atoms with van der Waals surface area (Å²) in [5.74, 6) is -0.684. The van der Waals surface area contributed by atoms with Crippen LogP contribution in [0.2, 0.25) is 0 Å². The maximum Gasteiger partial charge on any atom is 0.277 e. The van der Waals surface area contributed by atoms with Gasteiger partial charge in [0, 0.05) is 12.1 Å². The molecule has 0 spiro atoms. The van der Waals surface area contributed by atoms with Crippen molar-refractivity contribution in [3.05, 3.63) is 35.6 Å². The molecule has 1 amide bonds. The maximum absolute atomic E-state index is 13.4. The number of hydrogen-bond acceptors (Lipinski definition) is 2. The summed E-state index contributed by atoms with van der Waals surface area (Å²) in [6, 6.07) is 5.94. The normalized spacial score (nSPS) is 23.8. The first kappa shape index (κ1) is 10.8. The summed E-state index contributed by atoms with van der Waals surface area (Å²) in [7, 11) is 0. The molecule has 0 fully saturated rings. The highest BCUT2D eigenvalue weighted by Gasteiger charge is 2.30. The van der Waals surface area contributed by atoms with Crippen LogP contribution in [0.4, 0.5) is 4.39 Å². The molecule has 0 aromatic heterocycles. The lowest BCUT2D eigenvalue weighted by molar-refractivity contribution is 0.0701. The minimum absolute atomic E-state index is 0.0212. The third-order valence-electron chi connectivity index (χ3n) is 2.89. The number of carbonyl (C=O) groups is 1. The quantitative estimate of drug-likeness (QED) is 0.714. The van der Waals surface area contributed by atoms with Crippen LogP contribution in [0.5, 0.6) is 0 Å². The van der Waals surface area contributed by atoms with Crippen LogP contribution in [0.1, 0.15) is 24.2 Å². The molecule has 0 aliphatic carbocycles. The highest BCUT2D eigenvalue weighted by Crippen LogP contribution is 2.20. The molecule has 3 nitrogen and oxygen atoms in total. The van der Waals surface area contributed by atoms with Crippen LogP contribution in [0.15, 0.2) is 29.4 Å². The zero-order valence-electron chi connectivity index (χ0n) is 9.22. The van der Waals surface area contributed by atoms with Gasteiger partial charge in [0.05, 0.1) is 11.6 Å². The van der Waals surface area contributed by atoms with Crippen LogP contribution in [-0.2, 0) is 0 Å². The SMILES string of the molecule is CC1C=NN(C(=O)c2ccccc2F)C1C. The van der Waals surface area contributed by atoms with Crippen molar-refractivity contribution in [1.29, 1.82) is 0 Å². The molecule has 16 heavy (non-hydrogen) atoms. The molecule has 1 aliphatic rings. The van der Waals surface area contributed by atoms with Crippen LogP contribution < -0.4 is 0 Å². The molecule has 0 saturated carbocycles. The van der Waals surface area contributed by atoms with Gasteiger partial charge in [-0.05, 0) is 19.1 Å². The van der Waals surface area contributed by atoms with E-state index in [-0.39, 0.29) is 23.4 Å². The Balaban J connectivity index is 2.27. The van der Waals surface area contributed by atoms with Crippen molar-refractivity contribution in [2.45, 2.75) is 19.9 Å². The molecule has 2 unspecified atom stereocenters. The highest BCUT2D eigenvalue weighted by atomic mass is 19.1. The molecule has 1 aromatic carbocycles. The molecule has 1 aliphatic heterocycles. The van der Waals surface area contributed by atoms with Crippen molar-refractivity contribution in [2.24, 2.45) is 11.0 Å². The molecule has 0 N–H and O–H groups in total. The summed E-state index contributed by atoms with van der Waals surface area (Å²) in [5, 5.41) is 5.34. The van der Waals surface area contributed by atoms with E-state index in [1.165, 1.54) is 17.1 Å². The Kier molecular flexibility index (Phi) is 2.73. The Morgan fingerprint density at radius 2 is 2.06 bits per heavy atom.